The lowest BCUT2D eigenvalue weighted by Gasteiger charge is -2.32. The van der Waals surface area contributed by atoms with Crippen molar-refractivity contribution in [1.29, 1.82) is 0 Å². The number of aliphatic hydroxyl groups is 1. The van der Waals surface area contributed by atoms with E-state index in [2.05, 4.69) is 5.32 Å². The molecule has 1 saturated heterocycles. The number of carbonyl (C=O) groups is 1. The number of amides is 1. The summed E-state index contributed by atoms with van der Waals surface area (Å²) in [6.45, 7) is 7.66. The fourth-order valence-corrected chi connectivity index (χ4v) is 1.90. The van der Waals surface area contributed by atoms with Crippen molar-refractivity contribution in [3.05, 3.63) is 0 Å². The SMILES string of the molecule is CCN(CC)CC(=O)NCC1(O)CCOCC1. The summed E-state index contributed by atoms with van der Waals surface area (Å²) < 4.78 is 5.19. The predicted octanol–water partition coefficient (Wildman–Crippen LogP) is -0.0141. The van der Waals surface area contributed by atoms with Crippen LogP contribution >= 0.6 is 0 Å². The minimum Gasteiger partial charge on any atom is -0.388 e. The minimum absolute atomic E-state index is 0.0198. The summed E-state index contributed by atoms with van der Waals surface area (Å²) in [7, 11) is 0. The topological polar surface area (TPSA) is 61.8 Å². The van der Waals surface area contributed by atoms with Crippen molar-refractivity contribution in [2.45, 2.75) is 32.3 Å². The summed E-state index contributed by atoms with van der Waals surface area (Å²) in [6.07, 6.45) is 1.19. The van der Waals surface area contributed by atoms with E-state index in [0.29, 0.717) is 39.1 Å². The second-order valence-electron chi connectivity index (χ2n) is 4.57. The Bertz CT molecular complexity index is 236. The zero-order valence-electron chi connectivity index (χ0n) is 10.9. The molecular formula is C12H24N2O3. The first-order valence-corrected chi connectivity index (χ1v) is 6.39. The molecule has 0 radical (unpaired) electrons. The Kier molecular flexibility index (Phi) is 5.88. The van der Waals surface area contributed by atoms with E-state index in [1.807, 2.05) is 18.7 Å². The van der Waals surface area contributed by atoms with E-state index in [0.717, 1.165) is 13.1 Å². The normalized spacial score (nSPS) is 19.3. The molecule has 1 aliphatic rings. The lowest BCUT2D eigenvalue weighted by atomic mass is 9.94. The number of likely N-dealkylation sites (N-methyl/N-ethyl adjacent to an activating group) is 1. The molecule has 1 amide bonds. The van der Waals surface area contributed by atoms with Crippen LogP contribution in [0.4, 0.5) is 0 Å². The van der Waals surface area contributed by atoms with Gasteiger partial charge in [0.05, 0.1) is 12.1 Å². The van der Waals surface area contributed by atoms with Gasteiger partial charge in [-0.2, -0.15) is 0 Å². The zero-order valence-corrected chi connectivity index (χ0v) is 10.9. The summed E-state index contributed by atoms with van der Waals surface area (Å²) in [5, 5.41) is 13.0. The van der Waals surface area contributed by atoms with E-state index >= 15 is 0 Å². The summed E-state index contributed by atoms with van der Waals surface area (Å²) in [5.41, 5.74) is -0.781. The Morgan fingerprint density at radius 2 is 1.94 bits per heavy atom. The number of carbonyl (C=O) groups excluding carboxylic acids is 1. The summed E-state index contributed by atoms with van der Waals surface area (Å²) >= 11 is 0. The van der Waals surface area contributed by atoms with Crippen LogP contribution in [0.25, 0.3) is 0 Å². The Morgan fingerprint density at radius 1 is 1.35 bits per heavy atom. The van der Waals surface area contributed by atoms with Crippen LogP contribution in [0.5, 0.6) is 0 Å². The van der Waals surface area contributed by atoms with Crippen molar-refractivity contribution in [2.24, 2.45) is 0 Å². The quantitative estimate of drug-likeness (QED) is 0.689. The van der Waals surface area contributed by atoms with E-state index < -0.39 is 5.60 Å². The molecule has 0 saturated carbocycles. The molecule has 1 fully saturated rings. The highest BCUT2D eigenvalue weighted by atomic mass is 16.5. The Balaban J connectivity index is 2.27. The molecule has 5 heteroatoms. The summed E-state index contributed by atoms with van der Waals surface area (Å²) in [4.78, 5) is 13.7. The molecule has 0 aromatic heterocycles. The maximum Gasteiger partial charge on any atom is 0.234 e. The first-order chi connectivity index (χ1) is 8.09. The van der Waals surface area contributed by atoms with Crippen molar-refractivity contribution in [3.8, 4) is 0 Å². The molecule has 100 valence electrons. The zero-order chi connectivity index (χ0) is 12.7. The highest BCUT2D eigenvalue weighted by Gasteiger charge is 2.30. The molecule has 2 N–H and O–H groups in total. The minimum atomic E-state index is -0.781. The molecule has 1 heterocycles. The molecule has 0 unspecified atom stereocenters. The lowest BCUT2D eigenvalue weighted by molar-refractivity contribution is -0.125. The van der Waals surface area contributed by atoms with Gasteiger partial charge >= 0.3 is 0 Å². The fourth-order valence-electron chi connectivity index (χ4n) is 1.90. The first-order valence-electron chi connectivity index (χ1n) is 6.39. The monoisotopic (exact) mass is 244 g/mol. The number of ether oxygens (including phenoxy) is 1. The number of hydrogen-bond acceptors (Lipinski definition) is 4. The highest BCUT2D eigenvalue weighted by molar-refractivity contribution is 5.78. The number of hydrogen-bond donors (Lipinski definition) is 2. The Morgan fingerprint density at radius 3 is 2.47 bits per heavy atom. The van der Waals surface area contributed by atoms with Crippen LogP contribution in [-0.4, -0.2) is 60.9 Å². The smallest absolute Gasteiger partial charge is 0.234 e. The van der Waals surface area contributed by atoms with Crippen molar-refractivity contribution < 1.29 is 14.6 Å². The second kappa shape index (κ2) is 6.93. The molecule has 0 aromatic rings. The van der Waals surface area contributed by atoms with Crippen LogP contribution in [0, 0.1) is 0 Å². The van der Waals surface area contributed by atoms with Gasteiger partial charge in [0.1, 0.15) is 0 Å². The Labute approximate surface area is 103 Å². The molecular weight excluding hydrogens is 220 g/mol. The van der Waals surface area contributed by atoms with Crippen LogP contribution in [0.3, 0.4) is 0 Å². The molecule has 1 rings (SSSR count). The molecule has 0 bridgehead atoms. The van der Waals surface area contributed by atoms with Gasteiger partial charge in [-0.25, -0.2) is 0 Å². The standard InChI is InChI=1S/C12H24N2O3/c1-3-14(4-2)9-11(15)13-10-12(16)5-7-17-8-6-12/h16H,3-10H2,1-2H3,(H,13,15). The van der Waals surface area contributed by atoms with E-state index in [-0.39, 0.29) is 5.91 Å². The van der Waals surface area contributed by atoms with E-state index in [1.54, 1.807) is 0 Å². The van der Waals surface area contributed by atoms with Crippen molar-refractivity contribution in [1.82, 2.24) is 10.2 Å². The van der Waals surface area contributed by atoms with Crippen LogP contribution in [0.1, 0.15) is 26.7 Å². The Hall–Kier alpha value is -0.650. The van der Waals surface area contributed by atoms with Gasteiger partial charge in [0, 0.05) is 32.6 Å². The average molecular weight is 244 g/mol. The van der Waals surface area contributed by atoms with Gasteiger partial charge < -0.3 is 15.2 Å². The lowest BCUT2D eigenvalue weighted by Crippen LogP contribution is -2.48. The summed E-state index contributed by atoms with van der Waals surface area (Å²) in [6, 6.07) is 0. The molecule has 0 atom stereocenters. The third-order valence-corrected chi connectivity index (χ3v) is 3.30. The van der Waals surface area contributed by atoms with Crippen LogP contribution in [0.2, 0.25) is 0 Å². The number of nitrogens with one attached hydrogen (secondary N) is 1. The second-order valence-corrected chi connectivity index (χ2v) is 4.57. The third-order valence-electron chi connectivity index (χ3n) is 3.30. The molecule has 5 nitrogen and oxygen atoms in total. The summed E-state index contributed by atoms with van der Waals surface area (Å²) in [5.74, 6) is -0.0198. The maximum atomic E-state index is 11.7. The number of nitrogens with zero attached hydrogens (tertiary/aromatic N) is 1. The van der Waals surface area contributed by atoms with Crippen molar-refractivity contribution in [3.63, 3.8) is 0 Å². The van der Waals surface area contributed by atoms with Gasteiger partial charge in [-0.3, -0.25) is 9.69 Å². The van der Waals surface area contributed by atoms with Crippen molar-refractivity contribution >= 4 is 5.91 Å². The molecule has 1 aliphatic heterocycles. The van der Waals surface area contributed by atoms with Gasteiger partial charge in [0.2, 0.25) is 5.91 Å². The third kappa shape index (κ3) is 5.02. The van der Waals surface area contributed by atoms with Crippen LogP contribution in [0.15, 0.2) is 0 Å². The van der Waals surface area contributed by atoms with Crippen LogP contribution < -0.4 is 5.32 Å². The molecule has 0 spiro atoms. The van der Waals surface area contributed by atoms with Crippen LogP contribution in [-0.2, 0) is 9.53 Å². The van der Waals surface area contributed by atoms with Gasteiger partial charge in [-0.15, -0.1) is 0 Å². The van der Waals surface area contributed by atoms with Gasteiger partial charge in [0.25, 0.3) is 0 Å². The van der Waals surface area contributed by atoms with Gasteiger partial charge in [0.15, 0.2) is 0 Å². The average Bonchev–Trinajstić information content (AvgIpc) is 2.34. The maximum absolute atomic E-state index is 11.7. The van der Waals surface area contributed by atoms with E-state index in [1.165, 1.54) is 0 Å². The van der Waals surface area contributed by atoms with Crippen molar-refractivity contribution in [2.75, 3.05) is 39.4 Å². The first kappa shape index (κ1) is 14.4. The predicted molar refractivity (Wildman–Crippen MR) is 65.8 cm³/mol. The molecule has 0 aromatic carbocycles. The van der Waals surface area contributed by atoms with Gasteiger partial charge in [-0.1, -0.05) is 13.8 Å². The van der Waals surface area contributed by atoms with Gasteiger partial charge in [-0.05, 0) is 13.1 Å². The highest BCUT2D eigenvalue weighted by Crippen LogP contribution is 2.19. The largest absolute Gasteiger partial charge is 0.388 e. The molecule has 0 aliphatic carbocycles. The molecule has 17 heavy (non-hydrogen) atoms. The van der Waals surface area contributed by atoms with E-state index in [4.69, 9.17) is 4.74 Å². The fraction of sp³-hybridized carbons (Fsp3) is 0.917. The van der Waals surface area contributed by atoms with E-state index in [9.17, 15) is 9.90 Å². The number of rotatable bonds is 6.